The van der Waals surface area contributed by atoms with Crippen LogP contribution in [0.5, 0.6) is 5.75 Å². The van der Waals surface area contributed by atoms with E-state index < -0.39 is 4.92 Å². The second-order valence-corrected chi connectivity index (χ2v) is 5.71. The standard InChI is InChI=1S/C19H14N4O3/c1-26-18-10-16-15(9-17(18)23(24)25)19(21-11-20-16)22-14-7-6-12-4-2-3-5-13(12)8-14/h2-11H,1H3,(H,20,21,22). The number of nitro groups is 1. The Labute approximate surface area is 148 Å². The Hall–Kier alpha value is -3.74. The van der Waals surface area contributed by atoms with Crippen LogP contribution < -0.4 is 10.1 Å². The van der Waals surface area contributed by atoms with Crippen molar-refractivity contribution < 1.29 is 9.66 Å². The summed E-state index contributed by atoms with van der Waals surface area (Å²) in [6.07, 6.45) is 1.41. The molecule has 1 aromatic heterocycles. The fraction of sp³-hybridized carbons (Fsp3) is 0.0526. The van der Waals surface area contributed by atoms with Crippen LogP contribution in [0.25, 0.3) is 21.7 Å². The van der Waals surface area contributed by atoms with Crippen LogP contribution in [0.15, 0.2) is 60.9 Å². The number of hydrogen-bond acceptors (Lipinski definition) is 6. The number of aromatic nitrogens is 2. The van der Waals surface area contributed by atoms with Gasteiger partial charge in [0.2, 0.25) is 0 Å². The first kappa shape index (κ1) is 15.8. The molecule has 0 aliphatic heterocycles. The maximum Gasteiger partial charge on any atom is 0.311 e. The molecule has 7 heteroatoms. The Morgan fingerprint density at radius 2 is 1.85 bits per heavy atom. The van der Waals surface area contributed by atoms with Crippen molar-refractivity contribution in [2.45, 2.75) is 0 Å². The molecule has 0 unspecified atom stereocenters. The molecule has 1 N–H and O–H groups in total. The quantitative estimate of drug-likeness (QED) is 0.434. The fourth-order valence-corrected chi connectivity index (χ4v) is 2.88. The maximum atomic E-state index is 11.3. The van der Waals surface area contributed by atoms with E-state index in [1.165, 1.54) is 19.5 Å². The fourth-order valence-electron chi connectivity index (χ4n) is 2.88. The van der Waals surface area contributed by atoms with Gasteiger partial charge in [0.1, 0.15) is 12.1 Å². The first-order valence-electron chi connectivity index (χ1n) is 7.88. The van der Waals surface area contributed by atoms with E-state index in [1.54, 1.807) is 6.07 Å². The zero-order chi connectivity index (χ0) is 18.1. The smallest absolute Gasteiger partial charge is 0.311 e. The largest absolute Gasteiger partial charge is 0.490 e. The molecular formula is C19H14N4O3. The molecule has 0 amide bonds. The van der Waals surface area contributed by atoms with Crippen molar-refractivity contribution in [1.82, 2.24) is 9.97 Å². The highest BCUT2D eigenvalue weighted by Gasteiger charge is 2.18. The third kappa shape index (κ3) is 2.75. The van der Waals surface area contributed by atoms with E-state index >= 15 is 0 Å². The van der Waals surface area contributed by atoms with Crippen LogP contribution in [0.2, 0.25) is 0 Å². The molecule has 0 atom stereocenters. The van der Waals surface area contributed by atoms with Gasteiger partial charge < -0.3 is 10.1 Å². The molecule has 0 fully saturated rings. The van der Waals surface area contributed by atoms with Crippen molar-refractivity contribution in [3.63, 3.8) is 0 Å². The molecule has 26 heavy (non-hydrogen) atoms. The summed E-state index contributed by atoms with van der Waals surface area (Å²) >= 11 is 0. The lowest BCUT2D eigenvalue weighted by atomic mass is 10.1. The number of methoxy groups -OCH3 is 1. The summed E-state index contributed by atoms with van der Waals surface area (Å²) in [4.78, 5) is 19.3. The number of rotatable bonds is 4. The number of anilines is 2. The molecule has 0 aliphatic carbocycles. The van der Waals surface area contributed by atoms with E-state index in [-0.39, 0.29) is 11.4 Å². The van der Waals surface area contributed by atoms with Crippen molar-refractivity contribution >= 4 is 38.9 Å². The van der Waals surface area contributed by atoms with Crippen LogP contribution in [0, 0.1) is 10.1 Å². The summed E-state index contributed by atoms with van der Waals surface area (Å²) in [7, 11) is 1.39. The first-order valence-corrected chi connectivity index (χ1v) is 7.88. The Bertz CT molecular complexity index is 1140. The summed E-state index contributed by atoms with van der Waals surface area (Å²) in [5.74, 6) is 0.661. The van der Waals surface area contributed by atoms with E-state index in [4.69, 9.17) is 4.74 Å². The second kappa shape index (κ2) is 6.29. The predicted octanol–water partition coefficient (Wildman–Crippen LogP) is 4.44. The van der Waals surface area contributed by atoms with Gasteiger partial charge in [0.15, 0.2) is 5.75 Å². The van der Waals surface area contributed by atoms with Crippen LogP contribution in [-0.2, 0) is 0 Å². The minimum Gasteiger partial charge on any atom is -0.490 e. The summed E-state index contributed by atoms with van der Waals surface area (Å²) in [5, 5.41) is 17.3. The number of nitrogens with one attached hydrogen (secondary N) is 1. The first-order chi connectivity index (χ1) is 12.7. The molecule has 0 saturated carbocycles. The van der Waals surface area contributed by atoms with E-state index in [0.717, 1.165) is 16.5 Å². The second-order valence-electron chi connectivity index (χ2n) is 5.71. The van der Waals surface area contributed by atoms with E-state index in [9.17, 15) is 10.1 Å². The normalized spacial score (nSPS) is 10.8. The highest BCUT2D eigenvalue weighted by molar-refractivity contribution is 5.95. The average molecular weight is 346 g/mol. The molecule has 1 heterocycles. The van der Waals surface area contributed by atoms with Gasteiger partial charge in [-0.25, -0.2) is 9.97 Å². The Kier molecular flexibility index (Phi) is 3.81. The number of ether oxygens (including phenoxy) is 1. The van der Waals surface area contributed by atoms with Gasteiger partial charge in [0.05, 0.1) is 22.9 Å². The zero-order valence-corrected chi connectivity index (χ0v) is 13.8. The van der Waals surface area contributed by atoms with Crippen LogP contribution in [-0.4, -0.2) is 22.0 Å². The molecule has 7 nitrogen and oxygen atoms in total. The SMILES string of the molecule is COc1cc2ncnc(Nc3ccc4ccccc4c3)c2cc1[N+](=O)[O-]. The molecular weight excluding hydrogens is 332 g/mol. The van der Waals surface area contributed by atoms with Crippen molar-refractivity contribution in [3.8, 4) is 5.75 Å². The molecule has 0 saturated heterocycles. The lowest BCUT2D eigenvalue weighted by Crippen LogP contribution is -1.99. The maximum absolute atomic E-state index is 11.3. The Morgan fingerprint density at radius 3 is 2.62 bits per heavy atom. The highest BCUT2D eigenvalue weighted by atomic mass is 16.6. The number of hydrogen-bond donors (Lipinski definition) is 1. The Balaban J connectivity index is 1.82. The van der Waals surface area contributed by atoms with Crippen LogP contribution in [0.1, 0.15) is 0 Å². The van der Waals surface area contributed by atoms with Gasteiger partial charge >= 0.3 is 5.69 Å². The lowest BCUT2D eigenvalue weighted by Gasteiger charge is -2.10. The predicted molar refractivity (Wildman–Crippen MR) is 100.0 cm³/mol. The van der Waals surface area contributed by atoms with Crippen LogP contribution in [0.4, 0.5) is 17.2 Å². The van der Waals surface area contributed by atoms with Gasteiger partial charge in [0.25, 0.3) is 0 Å². The number of nitro benzene ring substituents is 1. The van der Waals surface area contributed by atoms with Crippen molar-refractivity contribution in [3.05, 3.63) is 71.0 Å². The van der Waals surface area contributed by atoms with Crippen molar-refractivity contribution in [1.29, 1.82) is 0 Å². The monoisotopic (exact) mass is 346 g/mol. The van der Waals surface area contributed by atoms with Gasteiger partial charge in [-0.15, -0.1) is 0 Å². The molecule has 128 valence electrons. The van der Waals surface area contributed by atoms with Gasteiger partial charge in [-0.1, -0.05) is 30.3 Å². The summed E-state index contributed by atoms with van der Waals surface area (Å²) in [5.41, 5.74) is 1.27. The third-order valence-electron chi connectivity index (χ3n) is 4.14. The summed E-state index contributed by atoms with van der Waals surface area (Å²) in [6, 6.07) is 16.9. The van der Waals surface area contributed by atoms with Crippen LogP contribution in [0.3, 0.4) is 0 Å². The molecule has 3 aromatic carbocycles. The zero-order valence-electron chi connectivity index (χ0n) is 13.8. The number of fused-ring (bicyclic) bond motifs is 2. The number of benzene rings is 3. The lowest BCUT2D eigenvalue weighted by molar-refractivity contribution is -0.385. The van der Waals surface area contributed by atoms with E-state index in [0.29, 0.717) is 16.7 Å². The van der Waals surface area contributed by atoms with Crippen molar-refractivity contribution in [2.75, 3.05) is 12.4 Å². The van der Waals surface area contributed by atoms with Crippen LogP contribution >= 0.6 is 0 Å². The average Bonchev–Trinajstić information content (AvgIpc) is 2.67. The minimum absolute atomic E-state index is 0.128. The van der Waals surface area contributed by atoms with Gasteiger partial charge in [0, 0.05) is 17.8 Å². The van der Waals surface area contributed by atoms with Gasteiger partial charge in [-0.05, 0) is 22.9 Å². The molecule has 0 radical (unpaired) electrons. The molecule has 0 spiro atoms. The summed E-state index contributed by atoms with van der Waals surface area (Å²) in [6.45, 7) is 0. The minimum atomic E-state index is -0.481. The topological polar surface area (TPSA) is 90.2 Å². The molecule has 4 aromatic rings. The van der Waals surface area contributed by atoms with E-state index in [2.05, 4.69) is 15.3 Å². The van der Waals surface area contributed by atoms with Gasteiger partial charge in [-0.2, -0.15) is 0 Å². The molecule has 0 bridgehead atoms. The third-order valence-corrected chi connectivity index (χ3v) is 4.14. The molecule has 0 aliphatic rings. The highest BCUT2D eigenvalue weighted by Crippen LogP contribution is 2.34. The Morgan fingerprint density at radius 1 is 1.04 bits per heavy atom. The number of nitrogens with zero attached hydrogens (tertiary/aromatic N) is 3. The molecule has 4 rings (SSSR count). The van der Waals surface area contributed by atoms with Gasteiger partial charge in [-0.3, -0.25) is 10.1 Å². The van der Waals surface area contributed by atoms with E-state index in [1.807, 2.05) is 42.5 Å². The summed E-state index contributed by atoms with van der Waals surface area (Å²) < 4.78 is 5.10. The van der Waals surface area contributed by atoms with Crippen molar-refractivity contribution in [2.24, 2.45) is 0 Å².